The van der Waals surface area contributed by atoms with Gasteiger partial charge in [-0.05, 0) is 25.5 Å². The molecule has 1 aromatic rings. The van der Waals surface area contributed by atoms with Crippen LogP contribution in [-0.2, 0) is 14.8 Å². The van der Waals surface area contributed by atoms with Crippen LogP contribution >= 0.6 is 0 Å². The van der Waals surface area contributed by atoms with Crippen LogP contribution < -0.4 is 0 Å². The van der Waals surface area contributed by atoms with Gasteiger partial charge in [0.05, 0.1) is 17.7 Å². The highest BCUT2D eigenvalue weighted by molar-refractivity contribution is 7.89. The number of rotatable bonds is 4. The highest BCUT2D eigenvalue weighted by Crippen LogP contribution is 2.23. The van der Waals surface area contributed by atoms with Crippen molar-refractivity contribution in [3.05, 3.63) is 23.9 Å². The van der Waals surface area contributed by atoms with Crippen molar-refractivity contribution >= 4 is 16.0 Å². The molecule has 0 spiro atoms. The van der Waals surface area contributed by atoms with Crippen LogP contribution in [0.15, 0.2) is 23.4 Å². The molecule has 0 radical (unpaired) electrons. The van der Waals surface area contributed by atoms with Crippen molar-refractivity contribution < 1.29 is 23.1 Å². The Morgan fingerprint density at radius 1 is 1.50 bits per heavy atom. The van der Waals surface area contributed by atoms with Gasteiger partial charge in [-0.2, -0.15) is 4.31 Å². The quantitative estimate of drug-likeness (QED) is 0.873. The van der Waals surface area contributed by atoms with Crippen LogP contribution in [0.5, 0.6) is 0 Å². The monoisotopic (exact) mass is 300 g/mol. The number of carboxylic acids is 1. The molecule has 110 valence electrons. The van der Waals surface area contributed by atoms with Gasteiger partial charge in [0.15, 0.2) is 5.03 Å². The SMILES string of the molecule is CC1OCCC1N(C)S(=O)(=O)c1ccc(C(=O)O)cn1. The number of sulfonamides is 1. The van der Waals surface area contributed by atoms with Gasteiger partial charge < -0.3 is 9.84 Å². The first-order valence-corrected chi connectivity index (χ1v) is 7.57. The standard InChI is InChI=1S/C12H16N2O5S/c1-8-10(5-6-19-8)14(2)20(17,18)11-4-3-9(7-13-11)12(15)16/h3-4,7-8,10H,5-6H2,1-2H3,(H,15,16). The molecule has 2 unspecified atom stereocenters. The molecule has 2 atom stereocenters. The number of ether oxygens (including phenoxy) is 1. The fourth-order valence-electron chi connectivity index (χ4n) is 2.18. The average Bonchev–Trinajstić information content (AvgIpc) is 2.84. The van der Waals surface area contributed by atoms with E-state index in [4.69, 9.17) is 9.84 Å². The van der Waals surface area contributed by atoms with E-state index in [1.165, 1.54) is 23.5 Å². The topological polar surface area (TPSA) is 96.8 Å². The second kappa shape index (κ2) is 5.47. The van der Waals surface area contributed by atoms with E-state index in [1.807, 2.05) is 6.92 Å². The van der Waals surface area contributed by atoms with Crippen molar-refractivity contribution in [3.8, 4) is 0 Å². The number of likely N-dealkylation sites (N-methyl/N-ethyl adjacent to an activating group) is 1. The molecule has 1 N–H and O–H groups in total. The van der Waals surface area contributed by atoms with Gasteiger partial charge in [-0.15, -0.1) is 0 Å². The normalized spacial score (nSPS) is 23.1. The summed E-state index contributed by atoms with van der Waals surface area (Å²) in [6, 6.07) is 2.20. The Morgan fingerprint density at radius 2 is 2.20 bits per heavy atom. The lowest BCUT2D eigenvalue weighted by molar-refractivity contribution is 0.0696. The number of pyridine rings is 1. The van der Waals surface area contributed by atoms with E-state index >= 15 is 0 Å². The lowest BCUT2D eigenvalue weighted by Gasteiger charge is -2.25. The van der Waals surface area contributed by atoms with Crippen LogP contribution in [0.3, 0.4) is 0 Å². The van der Waals surface area contributed by atoms with Gasteiger partial charge in [0.2, 0.25) is 0 Å². The highest BCUT2D eigenvalue weighted by Gasteiger charge is 2.35. The largest absolute Gasteiger partial charge is 0.478 e. The zero-order valence-corrected chi connectivity index (χ0v) is 12.0. The van der Waals surface area contributed by atoms with Crippen molar-refractivity contribution in [2.75, 3.05) is 13.7 Å². The summed E-state index contributed by atoms with van der Waals surface area (Å²) in [7, 11) is -2.26. The maximum atomic E-state index is 12.4. The van der Waals surface area contributed by atoms with Gasteiger partial charge in [-0.25, -0.2) is 18.2 Å². The molecular weight excluding hydrogens is 284 g/mol. The van der Waals surface area contributed by atoms with Gasteiger partial charge in [0.25, 0.3) is 10.0 Å². The Balaban J connectivity index is 2.27. The third kappa shape index (κ3) is 2.67. The molecule has 7 nitrogen and oxygen atoms in total. The van der Waals surface area contributed by atoms with Crippen LogP contribution in [0.25, 0.3) is 0 Å². The highest BCUT2D eigenvalue weighted by atomic mass is 32.2. The van der Waals surface area contributed by atoms with Crippen molar-refractivity contribution in [1.82, 2.24) is 9.29 Å². The lowest BCUT2D eigenvalue weighted by atomic mass is 10.2. The zero-order chi connectivity index (χ0) is 14.9. The molecule has 1 aliphatic rings. The first-order chi connectivity index (χ1) is 9.34. The molecule has 0 saturated carbocycles. The molecule has 0 amide bonds. The van der Waals surface area contributed by atoms with Crippen molar-refractivity contribution in [1.29, 1.82) is 0 Å². The fourth-order valence-corrected chi connectivity index (χ4v) is 3.54. The smallest absolute Gasteiger partial charge is 0.337 e. The van der Waals surface area contributed by atoms with Crippen LogP contribution in [0.4, 0.5) is 0 Å². The number of carboxylic acid groups (broad SMARTS) is 1. The number of carbonyl (C=O) groups is 1. The molecule has 1 fully saturated rings. The number of hydrogen-bond donors (Lipinski definition) is 1. The Morgan fingerprint density at radius 3 is 2.65 bits per heavy atom. The maximum Gasteiger partial charge on any atom is 0.337 e. The van der Waals surface area contributed by atoms with Crippen LogP contribution in [-0.4, -0.2) is 54.6 Å². The Kier molecular flexibility index (Phi) is 4.07. The van der Waals surface area contributed by atoms with Gasteiger partial charge in [0, 0.05) is 19.9 Å². The van der Waals surface area contributed by atoms with Crippen LogP contribution in [0.2, 0.25) is 0 Å². The van der Waals surface area contributed by atoms with Gasteiger partial charge in [-0.3, -0.25) is 0 Å². The summed E-state index contributed by atoms with van der Waals surface area (Å²) in [5, 5.41) is 8.62. The van der Waals surface area contributed by atoms with E-state index in [2.05, 4.69) is 4.98 Å². The average molecular weight is 300 g/mol. The molecule has 8 heteroatoms. The Bertz CT molecular complexity index is 599. The molecule has 0 aliphatic carbocycles. The van der Waals surface area contributed by atoms with E-state index in [0.717, 1.165) is 6.20 Å². The van der Waals surface area contributed by atoms with Crippen LogP contribution in [0, 0.1) is 0 Å². The molecule has 1 aliphatic heterocycles. The van der Waals surface area contributed by atoms with Gasteiger partial charge >= 0.3 is 5.97 Å². The second-order valence-corrected chi connectivity index (χ2v) is 6.59. The summed E-state index contributed by atoms with van der Waals surface area (Å²) in [4.78, 5) is 14.5. The molecule has 2 rings (SSSR count). The molecule has 20 heavy (non-hydrogen) atoms. The number of aromatic carboxylic acids is 1. The summed E-state index contributed by atoms with van der Waals surface area (Å²) < 4.78 is 31.4. The van der Waals surface area contributed by atoms with Crippen molar-refractivity contribution in [2.45, 2.75) is 30.5 Å². The summed E-state index contributed by atoms with van der Waals surface area (Å²) >= 11 is 0. The minimum absolute atomic E-state index is 0.0517. The van der Waals surface area contributed by atoms with E-state index in [-0.39, 0.29) is 22.7 Å². The van der Waals surface area contributed by atoms with Crippen LogP contribution in [0.1, 0.15) is 23.7 Å². The van der Waals surface area contributed by atoms with Gasteiger partial charge in [0.1, 0.15) is 0 Å². The summed E-state index contributed by atoms with van der Waals surface area (Å²) in [5.41, 5.74) is -0.0517. The predicted octanol–water partition coefficient (Wildman–Crippen LogP) is 0.578. The first-order valence-electron chi connectivity index (χ1n) is 6.13. The molecule has 0 aromatic carbocycles. The maximum absolute atomic E-state index is 12.4. The van der Waals surface area contributed by atoms with E-state index in [0.29, 0.717) is 13.0 Å². The third-order valence-electron chi connectivity index (χ3n) is 3.43. The molecule has 1 aromatic heterocycles. The van der Waals surface area contributed by atoms with Crippen molar-refractivity contribution in [3.63, 3.8) is 0 Å². The lowest BCUT2D eigenvalue weighted by Crippen LogP contribution is -2.41. The molecule has 1 saturated heterocycles. The predicted molar refractivity (Wildman–Crippen MR) is 70.0 cm³/mol. The first kappa shape index (κ1) is 14.9. The van der Waals surface area contributed by atoms with Crippen molar-refractivity contribution in [2.24, 2.45) is 0 Å². The third-order valence-corrected chi connectivity index (χ3v) is 5.23. The fraction of sp³-hybridized carbons (Fsp3) is 0.500. The minimum atomic E-state index is -3.75. The summed E-state index contributed by atoms with van der Waals surface area (Å²) in [6.07, 6.45) is 1.50. The number of hydrogen-bond acceptors (Lipinski definition) is 5. The van der Waals surface area contributed by atoms with Gasteiger partial charge in [-0.1, -0.05) is 0 Å². The number of aromatic nitrogens is 1. The van der Waals surface area contributed by atoms with E-state index < -0.39 is 16.0 Å². The zero-order valence-electron chi connectivity index (χ0n) is 11.2. The van der Waals surface area contributed by atoms with E-state index in [1.54, 1.807) is 0 Å². The van der Waals surface area contributed by atoms with E-state index in [9.17, 15) is 13.2 Å². The minimum Gasteiger partial charge on any atom is -0.478 e. The molecule has 2 heterocycles. The summed E-state index contributed by atoms with van der Waals surface area (Å²) in [5.74, 6) is -1.15. The number of nitrogens with zero attached hydrogens (tertiary/aromatic N) is 2. The Hall–Kier alpha value is -1.51. The molecular formula is C12H16N2O5S. The second-order valence-electron chi connectivity index (χ2n) is 4.64. The summed E-state index contributed by atoms with van der Waals surface area (Å²) in [6.45, 7) is 2.35. The molecule has 0 bridgehead atoms. The Labute approximate surface area is 117 Å².